The summed E-state index contributed by atoms with van der Waals surface area (Å²) in [6.45, 7) is -0.266. The number of hydrogen-bond donors (Lipinski definition) is 1. The topological polar surface area (TPSA) is 97.2 Å². The molecule has 0 unspecified atom stereocenters. The molecule has 2 fully saturated rings. The summed E-state index contributed by atoms with van der Waals surface area (Å²) in [5, 5.41) is 6.85. The molecule has 1 aliphatic heterocycles. The van der Waals surface area contributed by atoms with E-state index < -0.39 is 5.91 Å². The molecular formula is C18H19N5O3. The highest BCUT2D eigenvalue weighted by Gasteiger charge is 2.48. The Morgan fingerprint density at radius 3 is 2.50 bits per heavy atom. The van der Waals surface area contributed by atoms with Gasteiger partial charge in [0.25, 0.3) is 0 Å². The normalized spacial score (nSPS) is 22.4. The lowest BCUT2D eigenvalue weighted by atomic mass is 9.81. The SMILES string of the molecule is O=C(CN1C(=O)[C@H]2CCCC[C@H]2C1=O)Nc1cccnc1-n1cccn1. The standard InChI is InChI=1S/C18H19N5O3/c24-15(11-22-17(25)12-5-1-2-6-13(12)18(22)26)21-14-7-3-8-19-16(14)23-10-4-9-20-23/h3-4,7-10,12-13H,1-2,5-6,11H2,(H,21,24)/t12-,13+. The number of amides is 3. The second-order valence-electron chi connectivity index (χ2n) is 6.63. The number of anilines is 1. The van der Waals surface area contributed by atoms with Gasteiger partial charge in [-0.25, -0.2) is 9.67 Å². The summed E-state index contributed by atoms with van der Waals surface area (Å²) in [5.74, 6) is -0.879. The summed E-state index contributed by atoms with van der Waals surface area (Å²) in [6, 6.07) is 5.15. The van der Waals surface area contributed by atoms with Gasteiger partial charge >= 0.3 is 0 Å². The first-order chi connectivity index (χ1) is 12.6. The van der Waals surface area contributed by atoms with Gasteiger partial charge in [-0.2, -0.15) is 5.10 Å². The lowest BCUT2D eigenvalue weighted by molar-refractivity contribution is -0.142. The van der Waals surface area contributed by atoms with Gasteiger partial charge in [-0.05, 0) is 31.0 Å². The summed E-state index contributed by atoms with van der Waals surface area (Å²) in [7, 11) is 0. The quantitative estimate of drug-likeness (QED) is 0.838. The highest BCUT2D eigenvalue weighted by Crippen LogP contribution is 2.37. The van der Waals surface area contributed by atoms with Crippen LogP contribution in [0.3, 0.4) is 0 Å². The molecule has 0 spiro atoms. The molecule has 0 aromatic carbocycles. The van der Waals surface area contributed by atoms with Gasteiger partial charge in [0.2, 0.25) is 17.7 Å². The highest BCUT2D eigenvalue weighted by molar-refractivity contribution is 6.08. The Labute approximate surface area is 150 Å². The van der Waals surface area contributed by atoms with Crippen molar-refractivity contribution in [2.24, 2.45) is 11.8 Å². The van der Waals surface area contributed by atoms with E-state index in [0.29, 0.717) is 11.5 Å². The zero-order chi connectivity index (χ0) is 18.1. The van der Waals surface area contributed by atoms with Crippen LogP contribution in [0.2, 0.25) is 0 Å². The Morgan fingerprint density at radius 2 is 1.85 bits per heavy atom. The summed E-state index contributed by atoms with van der Waals surface area (Å²) in [4.78, 5) is 42.8. The van der Waals surface area contributed by atoms with Gasteiger partial charge in [-0.15, -0.1) is 0 Å². The zero-order valence-electron chi connectivity index (χ0n) is 14.2. The molecule has 2 aromatic heterocycles. The first-order valence-electron chi connectivity index (χ1n) is 8.75. The van der Waals surface area contributed by atoms with E-state index in [4.69, 9.17) is 0 Å². The van der Waals surface area contributed by atoms with Crippen molar-refractivity contribution in [1.82, 2.24) is 19.7 Å². The summed E-state index contributed by atoms with van der Waals surface area (Å²) < 4.78 is 1.54. The van der Waals surface area contributed by atoms with Gasteiger partial charge in [0.1, 0.15) is 6.54 Å². The summed E-state index contributed by atoms with van der Waals surface area (Å²) in [6.07, 6.45) is 8.33. The first kappa shape index (κ1) is 16.4. The molecule has 0 bridgehead atoms. The van der Waals surface area contributed by atoms with E-state index >= 15 is 0 Å². The maximum atomic E-state index is 12.5. The summed E-state index contributed by atoms with van der Waals surface area (Å²) in [5.41, 5.74) is 0.470. The number of aromatic nitrogens is 3. The number of rotatable bonds is 4. The Balaban J connectivity index is 1.48. The average Bonchev–Trinajstić information content (AvgIpc) is 3.26. The largest absolute Gasteiger partial charge is 0.321 e. The fourth-order valence-electron chi connectivity index (χ4n) is 3.79. The number of imide groups is 1. The lowest BCUT2D eigenvalue weighted by Gasteiger charge is -2.19. The maximum Gasteiger partial charge on any atom is 0.244 e. The van der Waals surface area contributed by atoms with Crippen molar-refractivity contribution < 1.29 is 14.4 Å². The predicted octanol–water partition coefficient (Wildman–Crippen LogP) is 1.38. The van der Waals surface area contributed by atoms with Crippen molar-refractivity contribution in [3.8, 4) is 5.82 Å². The van der Waals surface area contributed by atoms with Crippen molar-refractivity contribution in [2.45, 2.75) is 25.7 Å². The number of carbonyl (C=O) groups is 3. The Bertz CT molecular complexity index is 824. The molecule has 0 radical (unpaired) electrons. The van der Waals surface area contributed by atoms with E-state index in [2.05, 4.69) is 15.4 Å². The number of pyridine rings is 1. The number of nitrogens with zero attached hydrogens (tertiary/aromatic N) is 4. The van der Waals surface area contributed by atoms with Crippen molar-refractivity contribution in [1.29, 1.82) is 0 Å². The molecule has 4 rings (SSSR count). The fraction of sp³-hybridized carbons (Fsp3) is 0.389. The number of carbonyl (C=O) groups excluding carboxylic acids is 3. The molecule has 1 saturated carbocycles. The number of fused-ring (bicyclic) bond motifs is 1. The van der Waals surface area contributed by atoms with Crippen molar-refractivity contribution in [2.75, 3.05) is 11.9 Å². The monoisotopic (exact) mass is 353 g/mol. The van der Waals surface area contributed by atoms with E-state index in [1.807, 2.05) is 0 Å². The smallest absolute Gasteiger partial charge is 0.244 e. The third-order valence-corrected chi connectivity index (χ3v) is 5.02. The molecule has 2 atom stereocenters. The van der Waals surface area contributed by atoms with Crippen molar-refractivity contribution in [3.63, 3.8) is 0 Å². The van der Waals surface area contributed by atoms with Crippen LogP contribution in [0.15, 0.2) is 36.8 Å². The summed E-state index contributed by atoms with van der Waals surface area (Å²) >= 11 is 0. The predicted molar refractivity (Wildman–Crippen MR) is 92.2 cm³/mol. The van der Waals surface area contributed by atoms with Crippen LogP contribution in [-0.2, 0) is 14.4 Å². The molecule has 3 heterocycles. The van der Waals surface area contributed by atoms with Crippen LogP contribution in [-0.4, -0.2) is 43.9 Å². The van der Waals surface area contributed by atoms with Gasteiger partial charge < -0.3 is 5.32 Å². The van der Waals surface area contributed by atoms with Crippen LogP contribution in [0.1, 0.15) is 25.7 Å². The minimum Gasteiger partial charge on any atom is -0.321 e. The van der Waals surface area contributed by atoms with E-state index in [1.54, 1.807) is 36.8 Å². The highest BCUT2D eigenvalue weighted by atomic mass is 16.2. The fourth-order valence-corrected chi connectivity index (χ4v) is 3.79. The van der Waals surface area contributed by atoms with Crippen LogP contribution in [0.5, 0.6) is 0 Å². The molecule has 1 saturated heterocycles. The molecule has 3 amide bonds. The van der Waals surface area contributed by atoms with Crippen LogP contribution < -0.4 is 5.32 Å². The Hall–Kier alpha value is -3.03. The van der Waals surface area contributed by atoms with Crippen LogP contribution in [0, 0.1) is 11.8 Å². The average molecular weight is 353 g/mol. The second kappa shape index (κ2) is 6.70. The molecule has 1 N–H and O–H groups in total. The molecular weight excluding hydrogens is 334 g/mol. The van der Waals surface area contributed by atoms with Gasteiger partial charge in [0.15, 0.2) is 5.82 Å². The molecule has 26 heavy (non-hydrogen) atoms. The van der Waals surface area contributed by atoms with Gasteiger partial charge in [-0.3, -0.25) is 19.3 Å². The van der Waals surface area contributed by atoms with E-state index in [1.165, 1.54) is 4.68 Å². The number of likely N-dealkylation sites (tertiary alicyclic amines) is 1. The van der Waals surface area contributed by atoms with Crippen molar-refractivity contribution >= 4 is 23.4 Å². The Morgan fingerprint density at radius 1 is 1.12 bits per heavy atom. The number of nitrogens with one attached hydrogen (secondary N) is 1. The minimum absolute atomic E-state index is 0.215. The third-order valence-electron chi connectivity index (χ3n) is 5.02. The molecule has 2 aromatic rings. The third kappa shape index (κ3) is 2.87. The molecule has 2 aliphatic rings. The van der Waals surface area contributed by atoms with E-state index in [0.717, 1.165) is 30.6 Å². The first-order valence-corrected chi connectivity index (χ1v) is 8.75. The van der Waals surface area contributed by atoms with Crippen molar-refractivity contribution in [3.05, 3.63) is 36.8 Å². The van der Waals surface area contributed by atoms with Gasteiger partial charge in [0.05, 0.1) is 17.5 Å². The zero-order valence-corrected chi connectivity index (χ0v) is 14.2. The second-order valence-corrected chi connectivity index (χ2v) is 6.63. The minimum atomic E-state index is -0.424. The maximum absolute atomic E-state index is 12.5. The van der Waals surface area contributed by atoms with Crippen LogP contribution in [0.4, 0.5) is 5.69 Å². The molecule has 1 aliphatic carbocycles. The van der Waals surface area contributed by atoms with Crippen LogP contribution in [0.25, 0.3) is 5.82 Å². The Kier molecular flexibility index (Phi) is 4.24. The van der Waals surface area contributed by atoms with Gasteiger partial charge in [0, 0.05) is 18.6 Å². The van der Waals surface area contributed by atoms with E-state index in [-0.39, 0.29) is 30.2 Å². The van der Waals surface area contributed by atoms with Gasteiger partial charge in [-0.1, -0.05) is 12.8 Å². The van der Waals surface area contributed by atoms with Crippen LogP contribution >= 0.6 is 0 Å². The number of hydrogen-bond acceptors (Lipinski definition) is 5. The molecule has 8 heteroatoms. The molecule has 134 valence electrons. The lowest BCUT2D eigenvalue weighted by Crippen LogP contribution is -2.38. The van der Waals surface area contributed by atoms with E-state index in [9.17, 15) is 14.4 Å². The molecule has 8 nitrogen and oxygen atoms in total.